The van der Waals surface area contributed by atoms with Gasteiger partial charge in [0.15, 0.2) is 0 Å². The summed E-state index contributed by atoms with van der Waals surface area (Å²) in [6.07, 6.45) is 3.86. The molecule has 2 amide bonds. The molecule has 0 aromatic heterocycles. The third-order valence-electron chi connectivity index (χ3n) is 6.84. The number of nitrogens with one attached hydrogen (secondary N) is 1. The van der Waals surface area contributed by atoms with Crippen LogP contribution in [0.15, 0.2) is 24.3 Å². The number of carbonyl (C=O) groups excluding carboxylic acids is 2. The molecule has 1 N–H and O–H groups in total. The molecule has 6 nitrogen and oxygen atoms in total. The summed E-state index contributed by atoms with van der Waals surface area (Å²) in [4.78, 5) is 31.9. The Morgan fingerprint density at radius 1 is 0.900 bits per heavy atom. The third-order valence-corrected chi connectivity index (χ3v) is 6.84. The van der Waals surface area contributed by atoms with Gasteiger partial charge in [0.25, 0.3) is 0 Å². The van der Waals surface area contributed by atoms with E-state index >= 15 is 0 Å². The average Bonchev–Trinajstić information content (AvgIpc) is 3.64. The number of likely N-dealkylation sites (N-methyl/N-ethyl adjacent to an activating group) is 1. The molecule has 1 saturated carbocycles. The molecule has 30 heavy (non-hydrogen) atoms. The van der Waals surface area contributed by atoms with Gasteiger partial charge < -0.3 is 15.1 Å². The fourth-order valence-electron chi connectivity index (χ4n) is 4.60. The van der Waals surface area contributed by atoms with Crippen molar-refractivity contribution in [3.63, 3.8) is 0 Å². The number of hydrogen-bond acceptors (Lipinski definition) is 4. The van der Waals surface area contributed by atoms with Crippen LogP contribution >= 0.6 is 0 Å². The molecule has 3 fully saturated rings. The van der Waals surface area contributed by atoms with E-state index in [1.54, 1.807) is 0 Å². The van der Waals surface area contributed by atoms with Crippen LogP contribution in [0.1, 0.15) is 43.7 Å². The van der Waals surface area contributed by atoms with Crippen molar-refractivity contribution in [3.8, 4) is 0 Å². The zero-order valence-electron chi connectivity index (χ0n) is 18.3. The number of rotatable bonds is 7. The second-order valence-electron chi connectivity index (χ2n) is 9.14. The SMILES string of the molecule is CCN1CCN(Cc2ccc(CNC(=O)C3CCCN(C(=O)C4CC4)C3)cc2)CC1. The first kappa shape index (κ1) is 21.3. The highest BCUT2D eigenvalue weighted by molar-refractivity contribution is 5.83. The molecule has 0 bridgehead atoms. The lowest BCUT2D eigenvalue weighted by atomic mass is 9.96. The normalized spacial score (nSPS) is 23.4. The molecule has 1 unspecified atom stereocenters. The quantitative estimate of drug-likeness (QED) is 0.745. The summed E-state index contributed by atoms with van der Waals surface area (Å²) in [5.74, 6) is 0.517. The lowest BCUT2D eigenvalue weighted by Crippen LogP contribution is -2.45. The van der Waals surface area contributed by atoms with E-state index in [0.717, 1.165) is 77.1 Å². The second-order valence-corrected chi connectivity index (χ2v) is 9.14. The number of carbonyl (C=O) groups is 2. The standard InChI is InChI=1S/C24H36N4O2/c1-2-26-12-14-27(15-13-26)17-20-7-5-19(6-8-20)16-25-23(29)22-4-3-11-28(18-22)24(30)21-9-10-21/h5-8,21-22H,2-4,9-18H2,1H3,(H,25,29). The van der Waals surface area contributed by atoms with Crippen molar-refractivity contribution in [2.75, 3.05) is 45.8 Å². The molecule has 0 spiro atoms. The van der Waals surface area contributed by atoms with E-state index in [0.29, 0.717) is 13.1 Å². The Bertz CT molecular complexity index is 723. The van der Waals surface area contributed by atoms with Gasteiger partial charge in [-0.2, -0.15) is 0 Å². The zero-order chi connectivity index (χ0) is 20.9. The Morgan fingerprint density at radius 3 is 2.23 bits per heavy atom. The van der Waals surface area contributed by atoms with Crippen molar-refractivity contribution in [2.45, 2.75) is 45.7 Å². The first-order chi connectivity index (χ1) is 14.6. The summed E-state index contributed by atoms with van der Waals surface area (Å²) >= 11 is 0. The van der Waals surface area contributed by atoms with Crippen LogP contribution in [0.4, 0.5) is 0 Å². The van der Waals surface area contributed by atoms with Crippen LogP contribution in [0.5, 0.6) is 0 Å². The van der Waals surface area contributed by atoms with Gasteiger partial charge in [0, 0.05) is 58.3 Å². The Balaban J connectivity index is 1.21. The fraction of sp³-hybridized carbons (Fsp3) is 0.667. The summed E-state index contributed by atoms with van der Waals surface area (Å²) in [5.41, 5.74) is 2.46. The van der Waals surface area contributed by atoms with E-state index in [1.807, 2.05) is 4.90 Å². The van der Waals surface area contributed by atoms with Crippen LogP contribution in [0.2, 0.25) is 0 Å². The molecule has 4 rings (SSSR count). The highest BCUT2D eigenvalue weighted by Crippen LogP contribution is 2.32. The van der Waals surface area contributed by atoms with Crippen molar-refractivity contribution < 1.29 is 9.59 Å². The molecule has 1 aliphatic carbocycles. The minimum atomic E-state index is -0.0671. The monoisotopic (exact) mass is 412 g/mol. The van der Waals surface area contributed by atoms with Gasteiger partial charge in [-0.05, 0) is 43.4 Å². The van der Waals surface area contributed by atoms with Crippen LogP contribution in [0, 0.1) is 11.8 Å². The zero-order valence-corrected chi connectivity index (χ0v) is 18.3. The van der Waals surface area contributed by atoms with Crippen LogP contribution < -0.4 is 5.32 Å². The first-order valence-corrected chi connectivity index (χ1v) is 11.7. The predicted octanol–water partition coefficient (Wildman–Crippen LogP) is 2.09. The molecule has 164 valence electrons. The summed E-state index contributed by atoms with van der Waals surface area (Å²) < 4.78 is 0. The fourth-order valence-corrected chi connectivity index (χ4v) is 4.60. The van der Waals surface area contributed by atoms with Crippen molar-refractivity contribution in [1.29, 1.82) is 0 Å². The lowest BCUT2D eigenvalue weighted by Gasteiger charge is -2.34. The topological polar surface area (TPSA) is 55.9 Å². The molecule has 1 atom stereocenters. The molecular weight excluding hydrogens is 376 g/mol. The van der Waals surface area contributed by atoms with Crippen LogP contribution in [-0.2, 0) is 22.7 Å². The van der Waals surface area contributed by atoms with Gasteiger partial charge in [0.2, 0.25) is 11.8 Å². The Morgan fingerprint density at radius 2 is 1.57 bits per heavy atom. The Kier molecular flexibility index (Phi) is 7.05. The minimum absolute atomic E-state index is 0.0671. The number of benzene rings is 1. The van der Waals surface area contributed by atoms with E-state index in [2.05, 4.69) is 46.3 Å². The van der Waals surface area contributed by atoms with Gasteiger partial charge in [0.05, 0.1) is 5.92 Å². The van der Waals surface area contributed by atoms with Crippen molar-refractivity contribution in [3.05, 3.63) is 35.4 Å². The molecular formula is C24H36N4O2. The maximum absolute atomic E-state index is 12.6. The highest BCUT2D eigenvalue weighted by atomic mass is 16.2. The molecule has 0 radical (unpaired) electrons. The van der Waals surface area contributed by atoms with E-state index in [1.165, 1.54) is 5.56 Å². The summed E-state index contributed by atoms with van der Waals surface area (Å²) in [6, 6.07) is 8.62. The van der Waals surface area contributed by atoms with E-state index < -0.39 is 0 Å². The van der Waals surface area contributed by atoms with Crippen LogP contribution in [0.25, 0.3) is 0 Å². The second kappa shape index (κ2) is 9.92. The van der Waals surface area contributed by atoms with Gasteiger partial charge in [-0.3, -0.25) is 14.5 Å². The highest BCUT2D eigenvalue weighted by Gasteiger charge is 2.36. The van der Waals surface area contributed by atoms with Crippen molar-refractivity contribution >= 4 is 11.8 Å². The van der Waals surface area contributed by atoms with E-state index in [4.69, 9.17) is 0 Å². The number of nitrogens with zero attached hydrogens (tertiary/aromatic N) is 3. The summed E-state index contributed by atoms with van der Waals surface area (Å²) in [7, 11) is 0. The molecule has 3 aliphatic rings. The van der Waals surface area contributed by atoms with Crippen molar-refractivity contribution in [2.24, 2.45) is 11.8 Å². The van der Waals surface area contributed by atoms with Crippen LogP contribution in [-0.4, -0.2) is 72.3 Å². The van der Waals surface area contributed by atoms with Gasteiger partial charge in [-0.25, -0.2) is 0 Å². The predicted molar refractivity (Wildman–Crippen MR) is 118 cm³/mol. The number of likely N-dealkylation sites (tertiary alicyclic amines) is 1. The first-order valence-electron chi connectivity index (χ1n) is 11.7. The number of amides is 2. The summed E-state index contributed by atoms with van der Waals surface area (Å²) in [6.45, 7) is 10.9. The molecule has 2 aliphatic heterocycles. The van der Waals surface area contributed by atoms with E-state index in [9.17, 15) is 9.59 Å². The maximum Gasteiger partial charge on any atom is 0.225 e. The molecule has 2 heterocycles. The van der Waals surface area contributed by atoms with E-state index in [-0.39, 0.29) is 23.7 Å². The molecule has 6 heteroatoms. The smallest absolute Gasteiger partial charge is 0.225 e. The van der Waals surface area contributed by atoms with Gasteiger partial charge in [0.1, 0.15) is 0 Å². The lowest BCUT2D eigenvalue weighted by molar-refractivity contribution is -0.136. The molecule has 1 aromatic carbocycles. The molecule has 2 saturated heterocycles. The number of piperazine rings is 1. The minimum Gasteiger partial charge on any atom is -0.352 e. The number of hydrogen-bond donors (Lipinski definition) is 1. The molecule has 1 aromatic rings. The van der Waals surface area contributed by atoms with Gasteiger partial charge in [-0.1, -0.05) is 31.2 Å². The van der Waals surface area contributed by atoms with Gasteiger partial charge >= 0.3 is 0 Å². The number of piperidine rings is 1. The summed E-state index contributed by atoms with van der Waals surface area (Å²) in [5, 5.41) is 3.09. The Labute approximate surface area is 180 Å². The Hall–Kier alpha value is -1.92. The maximum atomic E-state index is 12.6. The van der Waals surface area contributed by atoms with Gasteiger partial charge in [-0.15, -0.1) is 0 Å². The van der Waals surface area contributed by atoms with Crippen LogP contribution in [0.3, 0.4) is 0 Å². The average molecular weight is 413 g/mol. The van der Waals surface area contributed by atoms with Crippen molar-refractivity contribution in [1.82, 2.24) is 20.0 Å². The largest absolute Gasteiger partial charge is 0.352 e. The third kappa shape index (κ3) is 5.61.